The molecule has 0 radical (unpaired) electrons. The fourth-order valence-electron chi connectivity index (χ4n) is 3.52. The number of hydrogen-bond donors (Lipinski definition) is 1. The number of Topliss-reactive ketones (excluding diaryl/α,β-unsaturated/α-hetero) is 1. The van der Waals surface area contributed by atoms with Crippen LogP contribution in [0.1, 0.15) is 47.7 Å². The molecule has 1 aliphatic carbocycles. The molecule has 1 saturated carbocycles. The van der Waals surface area contributed by atoms with E-state index >= 15 is 0 Å². The first-order valence-electron chi connectivity index (χ1n) is 7.38. The number of carboxylic acid groups (broad SMARTS) is 1. The molecule has 21 heavy (non-hydrogen) atoms. The standard InChI is InChI=1S/C17H21FO3/c1-4-11-7-13(14(8-11)17(20)21)16(19)15-9(2)5-12(18)6-10(15)3/h5-6,11,13-14H,4,7-8H2,1-3H3,(H,20,21). The second-order valence-corrected chi connectivity index (χ2v) is 6.08. The number of carbonyl (C=O) groups excluding carboxylic acids is 1. The zero-order chi connectivity index (χ0) is 15.7. The number of hydrogen-bond acceptors (Lipinski definition) is 2. The predicted octanol–water partition coefficient (Wildman–Crippen LogP) is 3.76. The summed E-state index contributed by atoms with van der Waals surface area (Å²) in [5.74, 6) is -2.24. The van der Waals surface area contributed by atoms with Gasteiger partial charge in [0.2, 0.25) is 0 Å². The molecule has 0 heterocycles. The second-order valence-electron chi connectivity index (χ2n) is 6.08. The van der Waals surface area contributed by atoms with E-state index in [9.17, 15) is 19.1 Å². The van der Waals surface area contributed by atoms with E-state index in [1.165, 1.54) is 12.1 Å². The van der Waals surface area contributed by atoms with Gasteiger partial charge in [0, 0.05) is 11.5 Å². The van der Waals surface area contributed by atoms with Gasteiger partial charge in [-0.3, -0.25) is 9.59 Å². The Hall–Kier alpha value is -1.71. The largest absolute Gasteiger partial charge is 0.481 e. The van der Waals surface area contributed by atoms with E-state index < -0.39 is 17.8 Å². The molecule has 2 rings (SSSR count). The van der Waals surface area contributed by atoms with Crippen LogP contribution in [0, 0.1) is 37.4 Å². The van der Waals surface area contributed by atoms with Crippen LogP contribution in [0.4, 0.5) is 4.39 Å². The molecule has 3 nitrogen and oxygen atoms in total. The Balaban J connectivity index is 2.37. The predicted molar refractivity (Wildman–Crippen MR) is 77.8 cm³/mol. The number of ketones is 1. The summed E-state index contributed by atoms with van der Waals surface area (Å²) in [7, 11) is 0. The molecule has 1 aromatic carbocycles. The third kappa shape index (κ3) is 2.99. The lowest BCUT2D eigenvalue weighted by molar-refractivity contribution is -0.142. The van der Waals surface area contributed by atoms with Crippen molar-refractivity contribution >= 4 is 11.8 Å². The highest BCUT2D eigenvalue weighted by atomic mass is 19.1. The van der Waals surface area contributed by atoms with E-state index in [0.717, 1.165) is 6.42 Å². The number of rotatable bonds is 4. The third-order valence-electron chi connectivity index (χ3n) is 4.64. The van der Waals surface area contributed by atoms with Crippen molar-refractivity contribution in [2.75, 3.05) is 0 Å². The van der Waals surface area contributed by atoms with Gasteiger partial charge in [-0.15, -0.1) is 0 Å². The highest BCUT2D eigenvalue weighted by Gasteiger charge is 2.42. The van der Waals surface area contributed by atoms with Gasteiger partial charge in [0.1, 0.15) is 5.82 Å². The molecule has 1 N–H and O–H groups in total. The molecule has 0 bridgehead atoms. The van der Waals surface area contributed by atoms with Crippen LogP contribution >= 0.6 is 0 Å². The molecule has 0 amide bonds. The molecule has 114 valence electrons. The Labute approximate surface area is 124 Å². The van der Waals surface area contributed by atoms with Crippen LogP contribution < -0.4 is 0 Å². The topological polar surface area (TPSA) is 54.4 Å². The average Bonchev–Trinajstić information content (AvgIpc) is 2.81. The van der Waals surface area contributed by atoms with E-state index in [-0.39, 0.29) is 17.5 Å². The van der Waals surface area contributed by atoms with E-state index in [2.05, 4.69) is 0 Å². The van der Waals surface area contributed by atoms with Crippen molar-refractivity contribution in [3.05, 3.63) is 34.6 Å². The van der Waals surface area contributed by atoms with Gasteiger partial charge in [-0.2, -0.15) is 0 Å². The van der Waals surface area contributed by atoms with Crippen LogP contribution in [0.15, 0.2) is 12.1 Å². The van der Waals surface area contributed by atoms with Crippen LogP contribution in [-0.4, -0.2) is 16.9 Å². The van der Waals surface area contributed by atoms with Crippen molar-refractivity contribution < 1.29 is 19.1 Å². The molecule has 0 saturated heterocycles. The number of halogens is 1. The fraction of sp³-hybridized carbons (Fsp3) is 0.529. The van der Waals surface area contributed by atoms with Gasteiger partial charge >= 0.3 is 5.97 Å². The summed E-state index contributed by atoms with van der Waals surface area (Å²) in [6, 6.07) is 2.67. The van der Waals surface area contributed by atoms with E-state index in [1.54, 1.807) is 13.8 Å². The molecule has 1 aliphatic rings. The number of carbonyl (C=O) groups is 2. The van der Waals surface area contributed by atoms with Crippen LogP contribution in [0.25, 0.3) is 0 Å². The molecule has 0 spiro atoms. The SMILES string of the molecule is CCC1CC(C(=O)O)C(C(=O)c2c(C)cc(F)cc2C)C1. The van der Waals surface area contributed by atoms with Crippen LogP contribution in [0.5, 0.6) is 0 Å². The first-order chi connectivity index (χ1) is 9.85. The minimum absolute atomic E-state index is 0.145. The summed E-state index contributed by atoms with van der Waals surface area (Å²) in [6.07, 6.45) is 2.05. The quantitative estimate of drug-likeness (QED) is 0.860. The zero-order valence-corrected chi connectivity index (χ0v) is 12.6. The van der Waals surface area contributed by atoms with Crippen LogP contribution in [0.2, 0.25) is 0 Å². The van der Waals surface area contributed by atoms with Gasteiger partial charge in [-0.25, -0.2) is 4.39 Å². The monoisotopic (exact) mass is 292 g/mol. The zero-order valence-electron chi connectivity index (χ0n) is 12.6. The Morgan fingerprint density at radius 1 is 1.19 bits per heavy atom. The maximum Gasteiger partial charge on any atom is 0.307 e. The maximum atomic E-state index is 13.4. The normalized spacial score (nSPS) is 25.0. The van der Waals surface area contributed by atoms with Gasteiger partial charge in [-0.05, 0) is 55.9 Å². The molecule has 0 aliphatic heterocycles. The second kappa shape index (κ2) is 5.96. The number of carboxylic acids is 1. The van der Waals surface area contributed by atoms with Crippen molar-refractivity contribution in [2.45, 2.75) is 40.0 Å². The first-order valence-corrected chi connectivity index (χ1v) is 7.38. The summed E-state index contributed by atoms with van der Waals surface area (Å²) in [4.78, 5) is 24.2. The van der Waals surface area contributed by atoms with Crippen LogP contribution in [0.3, 0.4) is 0 Å². The number of benzene rings is 1. The van der Waals surface area contributed by atoms with E-state index in [0.29, 0.717) is 29.5 Å². The minimum atomic E-state index is -0.901. The van der Waals surface area contributed by atoms with Crippen molar-refractivity contribution in [1.29, 1.82) is 0 Å². The molecule has 1 aromatic rings. The summed E-state index contributed by atoms with van der Waals surface area (Å²) >= 11 is 0. The molecule has 0 aromatic heterocycles. The van der Waals surface area contributed by atoms with Gasteiger partial charge in [0.15, 0.2) is 5.78 Å². The summed E-state index contributed by atoms with van der Waals surface area (Å²) < 4.78 is 13.4. The first kappa shape index (κ1) is 15.7. The highest BCUT2D eigenvalue weighted by Crippen LogP contribution is 2.40. The lowest BCUT2D eigenvalue weighted by Crippen LogP contribution is -2.26. The van der Waals surface area contributed by atoms with Crippen LogP contribution in [-0.2, 0) is 4.79 Å². The Morgan fingerprint density at radius 3 is 2.19 bits per heavy atom. The summed E-state index contributed by atoms with van der Waals surface area (Å²) in [6.45, 7) is 5.42. The Morgan fingerprint density at radius 2 is 1.71 bits per heavy atom. The maximum absolute atomic E-state index is 13.4. The van der Waals surface area contributed by atoms with Gasteiger partial charge in [0.05, 0.1) is 5.92 Å². The molecular formula is C17H21FO3. The van der Waals surface area contributed by atoms with Gasteiger partial charge < -0.3 is 5.11 Å². The van der Waals surface area contributed by atoms with Gasteiger partial charge in [0.25, 0.3) is 0 Å². The molecule has 3 atom stereocenters. The lowest BCUT2D eigenvalue weighted by atomic mass is 9.85. The average molecular weight is 292 g/mol. The smallest absolute Gasteiger partial charge is 0.307 e. The van der Waals surface area contributed by atoms with Crippen molar-refractivity contribution in [2.24, 2.45) is 17.8 Å². The number of aliphatic carboxylic acids is 1. The Bertz CT molecular complexity index is 556. The van der Waals surface area contributed by atoms with Gasteiger partial charge in [-0.1, -0.05) is 13.3 Å². The highest BCUT2D eigenvalue weighted by molar-refractivity contribution is 6.02. The summed E-state index contributed by atoms with van der Waals surface area (Å²) in [5, 5.41) is 9.36. The molecule has 4 heteroatoms. The van der Waals surface area contributed by atoms with E-state index in [4.69, 9.17) is 0 Å². The molecule has 1 fully saturated rings. The molecular weight excluding hydrogens is 271 g/mol. The summed E-state index contributed by atoms with van der Waals surface area (Å²) in [5.41, 5.74) is 1.66. The Kier molecular flexibility index (Phi) is 4.45. The number of aryl methyl sites for hydroxylation is 2. The van der Waals surface area contributed by atoms with Crippen molar-refractivity contribution in [3.63, 3.8) is 0 Å². The van der Waals surface area contributed by atoms with Crippen molar-refractivity contribution in [1.82, 2.24) is 0 Å². The fourth-order valence-corrected chi connectivity index (χ4v) is 3.52. The molecule has 3 unspecified atom stereocenters. The van der Waals surface area contributed by atoms with E-state index in [1.807, 2.05) is 6.92 Å². The minimum Gasteiger partial charge on any atom is -0.481 e. The third-order valence-corrected chi connectivity index (χ3v) is 4.64. The van der Waals surface area contributed by atoms with Crippen molar-refractivity contribution in [3.8, 4) is 0 Å². The lowest BCUT2D eigenvalue weighted by Gasteiger charge is -2.17.